The van der Waals surface area contributed by atoms with E-state index in [9.17, 15) is 0 Å². The molecule has 0 spiro atoms. The number of benzene rings is 9. The maximum atomic E-state index is 2.46. The summed E-state index contributed by atoms with van der Waals surface area (Å²) >= 11 is 0. The lowest BCUT2D eigenvalue weighted by Crippen LogP contribution is -2.74. The molecule has 0 atom stereocenters. The standard InChI is InChI=1S/C54H41NSi/c1-8-22-42(23-9-1)45-40-52(43-24-10-2-11-25-43)54(53(41-45)44-26-12-3-13-27-44)55(46-28-14-4-15-29-46)47-36-38-51(39-37-47)56(48-30-16-5-17-31-48,49-32-18-6-19-33-49)50-34-20-7-21-35-50/h1-41H. The minimum atomic E-state index is -2.71. The SMILES string of the molecule is c1ccc(-c2cc(-c3ccccc3)c(N(c3ccccc3)c3ccc([Si](c4ccccc4)(c4ccccc4)c4ccccc4)cc3)c(-c3ccccc3)c2)cc1. The van der Waals surface area contributed by atoms with Crippen molar-refractivity contribution in [2.75, 3.05) is 4.90 Å². The van der Waals surface area contributed by atoms with E-state index in [1.165, 1.54) is 54.1 Å². The van der Waals surface area contributed by atoms with Gasteiger partial charge in [0, 0.05) is 22.5 Å². The average Bonchev–Trinajstić information content (AvgIpc) is 3.29. The lowest BCUT2D eigenvalue weighted by atomic mass is 9.90. The Labute approximate surface area is 331 Å². The first-order valence-electron chi connectivity index (χ1n) is 19.3. The highest BCUT2D eigenvalue weighted by Gasteiger charge is 2.41. The van der Waals surface area contributed by atoms with Crippen molar-refractivity contribution in [1.82, 2.24) is 0 Å². The average molecular weight is 732 g/mol. The molecule has 56 heavy (non-hydrogen) atoms. The Morgan fingerprint density at radius 2 is 0.554 bits per heavy atom. The third-order valence-corrected chi connectivity index (χ3v) is 15.6. The second-order valence-electron chi connectivity index (χ2n) is 14.1. The van der Waals surface area contributed by atoms with Crippen molar-refractivity contribution in [2.45, 2.75) is 0 Å². The van der Waals surface area contributed by atoms with Crippen molar-refractivity contribution in [3.8, 4) is 33.4 Å². The van der Waals surface area contributed by atoms with E-state index >= 15 is 0 Å². The first kappa shape index (κ1) is 34.7. The van der Waals surface area contributed by atoms with Crippen LogP contribution in [0.15, 0.2) is 249 Å². The molecule has 0 unspecified atom stereocenters. The molecule has 0 amide bonds. The predicted molar refractivity (Wildman–Crippen MR) is 241 cm³/mol. The van der Waals surface area contributed by atoms with E-state index in [-0.39, 0.29) is 0 Å². The molecule has 1 nitrogen and oxygen atoms in total. The van der Waals surface area contributed by atoms with Crippen LogP contribution in [0.4, 0.5) is 17.1 Å². The second-order valence-corrected chi connectivity index (χ2v) is 17.9. The van der Waals surface area contributed by atoms with E-state index in [0.29, 0.717) is 0 Å². The van der Waals surface area contributed by atoms with Crippen LogP contribution in [0.3, 0.4) is 0 Å². The molecule has 0 bridgehead atoms. The molecule has 9 aromatic carbocycles. The van der Waals surface area contributed by atoms with Crippen LogP contribution in [0.5, 0.6) is 0 Å². The van der Waals surface area contributed by atoms with Gasteiger partial charge in [-0.3, -0.25) is 0 Å². The van der Waals surface area contributed by atoms with E-state index in [1.807, 2.05) is 0 Å². The van der Waals surface area contributed by atoms with Gasteiger partial charge in [0.05, 0.1) is 5.69 Å². The molecule has 2 heteroatoms. The van der Waals surface area contributed by atoms with Crippen LogP contribution in [-0.2, 0) is 0 Å². The molecule has 0 aliphatic rings. The lowest BCUT2D eigenvalue weighted by Gasteiger charge is -2.35. The second kappa shape index (κ2) is 15.8. The molecule has 0 heterocycles. The molecule has 0 saturated carbocycles. The maximum Gasteiger partial charge on any atom is 0.179 e. The van der Waals surface area contributed by atoms with E-state index in [0.717, 1.165) is 17.1 Å². The van der Waals surface area contributed by atoms with Crippen LogP contribution < -0.4 is 25.6 Å². The van der Waals surface area contributed by atoms with Gasteiger partial charge in [0.15, 0.2) is 8.07 Å². The van der Waals surface area contributed by atoms with Crippen LogP contribution in [-0.4, -0.2) is 8.07 Å². The van der Waals surface area contributed by atoms with Gasteiger partial charge in [-0.2, -0.15) is 0 Å². The Bertz CT molecular complexity index is 2470. The zero-order valence-corrected chi connectivity index (χ0v) is 32.1. The van der Waals surface area contributed by atoms with E-state index < -0.39 is 8.07 Å². The molecule has 0 saturated heterocycles. The van der Waals surface area contributed by atoms with Crippen molar-refractivity contribution in [3.05, 3.63) is 249 Å². The molecule has 0 fully saturated rings. The van der Waals surface area contributed by atoms with Gasteiger partial charge in [-0.1, -0.05) is 212 Å². The van der Waals surface area contributed by atoms with Gasteiger partial charge in [-0.25, -0.2) is 0 Å². The zero-order valence-electron chi connectivity index (χ0n) is 31.1. The number of anilines is 3. The summed E-state index contributed by atoms with van der Waals surface area (Å²) in [5.41, 5.74) is 10.4. The monoisotopic (exact) mass is 731 g/mol. The maximum absolute atomic E-state index is 2.71. The molecule has 9 rings (SSSR count). The summed E-state index contributed by atoms with van der Waals surface area (Å²) < 4.78 is 0. The summed E-state index contributed by atoms with van der Waals surface area (Å²) in [5.74, 6) is 0. The van der Waals surface area contributed by atoms with Gasteiger partial charge < -0.3 is 4.90 Å². The Hall–Kier alpha value is -7.00. The third kappa shape index (κ3) is 6.57. The highest BCUT2D eigenvalue weighted by atomic mass is 28.3. The van der Waals surface area contributed by atoms with Gasteiger partial charge in [-0.15, -0.1) is 0 Å². The Morgan fingerprint density at radius 3 is 0.946 bits per heavy atom. The normalized spacial score (nSPS) is 11.2. The number of para-hydroxylation sites is 1. The van der Waals surface area contributed by atoms with E-state index in [4.69, 9.17) is 0 Å². The Kier molecular flexibility index (Phi) is 9.78. The molecular weight excluding hydrogens is 691 g/mol. The van der Waals surface area contributed by atoms with Gasteiger partial charge >= 0.3 is 0 Å². The molecule has 9 aromatic rings. The fourth-order valence-corrected chi connectivity index (χ4v) is 13.0. The Balaban J connectivity index is 1.32. The molecule has 0 N–H and O–H groups in total. The molecular formula is C54H41NSi. The largest absolute Gasteiger partial charge is 0.309 e. The molecule has 0 aromatic heterocycles. The van der Waals surface area contributed by atoms with Crippen molar-refractivity contribution < 1.29 is 0 Å². The van der Waals surface area contributed by atoms with Crippen molar-refractivity contribution in [1.29, 1.82) is 0 Å². The van der Waals surface area contributed by atoms with Crippen molar-refractivity contribution >= 4 is 45.9 Å². The predicted octanol–water partition coefficient (Wildman–Crippen LogP) is 11.5. The highest BCUT2D eigenvalue weighted by molar-refractivity contribution is 7.19. The number of hydrogen-bond acceptors (Lipinski definition) is 1. The van der Waals surface area contributed by atoms with Crippen LogP contribution in [0.1, 0.15) is 0 Å². The van der Waals surface area contributed by atoms with Crippen LogP contribution in [0, 0.1) is 0 Å². The van der Waals surface area contributed by atoms with Gasteiger partial charge in [0.2, 0.25) is 0 Å². The molecule has 0 radical (unpaired) electrons. The van der Waals surface area contributed by atoms with E-state index in [1.54, 1.807) is 0 Å². The van der Waals surface area contributed by atoms with Crippen molar-refractivity contribution in [2.24, 2.45) is 0 Å². The number of nitrogens with zero attached hydrogens (tertiary/aromatic N) is 1. The smallest absolute Gasteiger partial charge is 0.179 e. The molecule has 266 valence electrons. The first-order chi connectivity index (χ1) is 27.8. The quantitative estimate of drug-likeness (QED) is 0.1000. The van der Waals surface area contributed by atoms with Crippen LogP contribution in [0.2, 0.25) is 0 Å². The van der Waals surface area contributed by atoms with Crippen molar-refractivity contribution in [3.63, 3.8) is 0 Å². The topological polar surface area (TPSA) is 3.24 Å². The fraction of sp³-hybridized carbons (Fsp3) is 0. The van der Waals surface area contributed by atoms with Crippen LogP contribution in [0.25, 0.3) is 33.4 Å². The highest BCUT2D eigenvalue weighted by Crippen LogP contribution is 2.48. The Morgan fingerprint density at radius 1 is 0.250 bits per heavy atom. The minimum Gasteiger partial charge on any atom is -0.309 e. The third-order valence-electron chi connectivity index (χ3n) is 10.8. The van der Waals surface area contributed by atoms with Gasteiger partial charge in [0.1, 0.15) is 0 Å². The van der Waals surface area contributed by atoms with Gasteiger partial charge in [-0.05, 0) is 79.4 Å². The van der Waals surface area contributed by atoms with Crippen LogP contribution >= 0.6 is 0 Å². The molecule has 0 aliphatic carbocycles. The summed E-state index contributed by atoms with van der Waals surface area (Å²) in [6.45, 7) is 0. The van der Waals surface area contributed by atoms with E-state index in [2.05, 4.69) is 254 Å². The zero-order chi connectivity index (χ0) is 37.6. The molecule has 0 aliphatic heterocycles. The fourth-order valence-electron chi connectivity index (χ4n) is 8.26. The number of rotatable bonds is 10. The number of hydrogen-bond donors (Lipinski definition) is 0. The first-order valence-corrected chi connectivity index (χ1v) is 21.3. The minimum absolute atomic E-state index is 1.10. The lowest BCUT2D eigenvalue weighted by molar-refractivity contribution is 1.28. The summed E-state index contributed by atoms with van der Waals surface area (Å²) in [7, 11) is -2.71. The summed E-state index contributed by atoms with van der Waals surface area (Å²) in [6, 6.07) is 90.8. The van der Waals surface area contributed by atoms with Gasteiger partial charge in [0.25, 0.3) is 0 Å². The summed E-state index contributed by atoms with van der Waals surface area (Å²) in [6.07, 6.45) is 0. The summed E-state index contributed by atoms with van der Waals surface area (Å²) in [4.78, 5) is 2.46. The summed E-state index contributed by atoms with van der Waals surface area (Å²) in [5, 5.41) is 5.42.